The maximum Gasteiger partial charge on any atom is 0.152 e. The molecule has 1 aliphatic rings. The largest absolute Gasteiger partial charge is 0.372 e. The van der Waals surface area contributed by atoms with Gasteiger partial charge in [0.1, 0.15) is 11.2 Å². The molecule has 1 atom stereocenters. The average Bonchev–Trinajstić information content (AvgIpc) is 2.75. The molecular weight excluding hydrogens is 248 g/mol. The Hall–Kier alpha value is -1.24. The van der Waals surface area contributed by atoms with Crippen molar-refractivity contribution in [2.75, 3.05) is 5.43 Å². The lowest BCUT2D eigenvalue weighted by Crippen LogP contribution is -2.26. The summed E-state index contributed by atoms with van der Waals surface area (Å²) in [5.41, 5.74) is 3.96. The molecule has 0 amide bonds. The van der Waals surface area contributed by atoms with Crippen molar-refractivity contribution in [3.05, 3.63) is 16.8 Å². The number of fused-ring (bicyclic) bond motifs is 3. The molecule has 0 saturated carbocycles. The summed E-state index contributed by atoms with van der Waals surface area (Å²) in [6.07, 6.45) is 2.72. The number of nitrogens with two attached hydrogens (primary N) is 1. The summed E-state index contributed by atoms with van der Waals surface area (Å²) < 4.78 is 5.88. The molecule has 1 aliphatic heterocycles. The normalized spacial score (nSPS) is 19.2. The summed E-state index contributed by atoms with van der Waals surface area (Å²) in [6, 6.07) is 0. The van der Waals surface area contributed by atoms with Crippen molar-refractivity contribution in [2.24, 2.45) is 11.8 Å². The summed E-state index contributed by atoms with van der Waals surface area (Å²) in [4.78, 5) is 10.7. The Kier molecular flexibility index (Phi) is 2.93. The van der Waals surface area contributed by atoms with Crippen LogP contribution in [0.1, 0.15) is 24.3 Å². The van der Waals surface area contributed by atoms with E-state index < -0.39 is 0 Å². The molecule has 0 aliphatic carbocycles. The number of hydrogen-bond donors (Lipinski definition) is 2. The van der Waals surface area contributed by atoms with Crippen molar-refractivity contribution < 1.29 is 4.74 Å². The Morgan fingerprint density at radius 3 is 3.06 bits per heavy atom. The smallest absolute Gasteiger partial charge is 0.152 e. The molecule has 18 heavy (non-hydrogen) atoms. The van der Waals surface area contributed by atoms with Crippen molar-refractivity contribution in [3.8, 4) is 0 Å². The first-order chi connectivity index (χ1) is 8.70. The molecule has 0 fully saturated rings. The van der Waals surface area contributed by atoms with Gasteiger partial charge in [-0.25, -0.2) is 15.8 Å². The van der Waals surface area contributed by atoms with Crippen molar-refractivity contribution in [2.45, 2.75) is 33.0 Å². The van der Waals surface area contributed by atoms with Gasteiger partial charge in [-0.3, -0.25) is 0 Å². The van der Waals surface area contributed by atoms with Gasteiger partial charge in [-0.2, -0.15) is 0 Å². The number of nitrogens with one attached hydrogen (secondary N) is 1. The van der Waals surface area contributed by atoms with Crippen LogP contribution in [0.4, 0.5) is 5.82 Å². The zero-order valence-electron chi connectivity index (χ0n) is 10.4. The summed E-state index contributed by atoms with van der Waals surface area (Å²) in [6.45, 7) is 5.04. The Morgan fingerprint density at radius 2 is 2.33 bits per heavy atom. The predicted octanol–water partition coefficient (Wildman–Crippen LogP) is 2.07. The second-order valence-corrected chi connectivity index (χ2v) is 5.93. The zero-order valence-corrected chi connectivity index (χ0v) is 11.3. The van der Waals surface area contributed by atoms with Gasteiger partial charge >= 0.3 is 0 Å². The van der Waals surface area contributed by atoms with E-state index in [1.807, 2.05) is 0 Å². The molecular formula is C12H16N4OS. The summed E-state index contributed by atoms with van der Waals surface area (Å²) in [5, 5.41) is 1.06. The van der Waals surface area contributed by atoms with Crippen LogP contribution in [-0.4, -0.2) is 16.1 Å². The molecule has 5 nitrogen and oxygen atoms in total. The Bertz CT molecular complexity index is 581. The van der Waals surface area contributed by atoms with Gasteiger partial charge in [0.05, 0.1) is 18.1 Å². The van der Waals surface area contributed by atoms with Crippen LogP contribution >= 0.6 is 11.3 Å². The van der Waals surface area contributed by atoms with E-state index >= 15 is 0 Å². The van der Waals surface area contributed by atoms with E-state index in [0.717, 1.165) is 16.6 Å². The van der Waals surface area contributed by atoms with Gasteiger partial charge in [0.2, 0.25) is 0 Å². The van der Waals surface area contributed by atoms with Crippen LogP contribution in [-0.2, 0) is 17.8 Å². The van der Waals surface area contributed by atoms with E-state index in [4.69, 9.17) is 10.6 Å². The molecule has 0 radical (unpaired) electrons. The number of aromatic nitrogens is 2. The molecule has 3 N–H and O–H groups in total. The van der Waals surface area contributed by atoms with Gasteiger partial charge < -0.3 is 10.2 Å². The van der Waals surface area contributed by atoms with Crippen molar-refractivity contribution in [1.82, 2.24) is 9.97 Å². The maximum atomic E-state index is 5.88. The van der Waals surface area contributed by atoms with Crippen LogP contribution < -0.4 is 11.3 Å². The molecule has 0 bridgehead atoms. The number of anilines is 1. The lowest BCUT2D eigenvalue weighted by molar-refractivity contribution is 0.00203. The van der Waals surface area contributed by atoms with Crippen LogP contribution in [0.5, 0.6) is 0 Å². The van der Waals surface area contributed by atoms with E-state index in [1.54, 1.807) is 17.7 Å². The molecule has 0 unspecified atom stereocenters. The maximum absolute atomic E-state index is 5.88. The van der Waals surface area contributed by atoms with Crippen LogP contribution in [0, 0.1) is 5.92 Å². The quantitative estimate of drug-likeness (QED) is 0.641. The van der Waals surface area contributed by atoms with Gasteiger partial charge in [0.25, 0.3) is 0 Å². The molecule has 96 valence electrons. The Labute approximate surface area is 109 Å². The summed E-state index contributed by atoms with van der Waals surface area (Å²) in [7, 11) is 0. The monoisotopic (exact) mass is 264 g/mol. The molecule has 0 aromatic carbocycles. The lowest BCUT2D eigenvalue weighted by Gasteiger charge is -2.26. The number of nitrogens with zero attached hydrogens (tertiary/aromatic N) is 2. The molecule has 3 rings (SSSR count). The highest BCUT2D eigenvalue weighted by Crippen LogP contribution is 2.38. The second kappa shape index (κ2) is 4.46. The van der Waals surface area contributed by atoms with Crippen LogP contribution in [0.2, 0.25) is 0 Å². The average molecular weight is 264 g/mol. The van der Waals surface area contributed by atoms with Crippen molar-refractivity contribution >= 4 is 27.4 Å². The number of hydrogen-bond acceptors (Lipinski definition) is 6. The minimum absolute atomic E-state index is 0.265. The third-order valence-electron chi connectivity index (χ3n) is 3.38. The van der Waals surface area contributed by atoms with Gasteiger partial charge in [-0.1, -0.05) is 13.8 Å². The summed E-state index contributed by atoms with van der Waals surface area (Å²) in [5.74, 6) is 6.75. The lowest BCUT2D eigenvalue weighted by atomic mass is 9.96. The predicted molar refractivity (Wildman–Crippen MR) is 72.3 cm³/mol. The number of hydrazine groups is 1. The highest BCUT2D eigenvalue weighted by Gasteiger charge is 2.27. The summed E-state index contributed by atoms with van der Waals surface area (Å²) >= 11 is 1.67. The van der Waals surface area contributed by atoms with Gasteiger partial charge in [0.15, 0.2) is 5.82 Å². The fourth-order valence-corrected chi connectivity index (χ4v) is 3.44. The van der Waals surface area contributed by atoms with Crippen molar-refractivity contribution in [1.29, 1.82) is 0 Å². The first-order valence-electron chi connectivity index (χ1n) is 6.04. The van der Waals surface area contributed by atoms with Crippen LogP contribution in [0.3, 0.4) is 0 Å². The fraction of sp³-hybridized carbons (Fsp3) is 0.500. The molecule has 2 aromatic heterocycles. The van der Waals surface area contributed by atoms with Crippen molar-refractivity contribution in [3.63, 3.8) is 0 Å². The van der Waals surface area contributed by atoms with Gasteiger partial charge in [-0.05, 0) is 11.5 Å². The molecule has 3 heterocycles. The highest BCUT2D eigenvalue weighted by atomic mass is 32.1. The van der Waals surface area contributed by atoms with Gasteiger partial charge in [-0.15, -0.1) is 11.3 Å². The third-order valence-corrected chi connectivity index (χ3v) is 4.50. The van der Waals surface area contributed by atoms with E-state index in [1.165, 1.54) is 10.4 Å². The van der Waals surface area contributed by atoms with E-state index in [-0.39, 0.29) is 6.10 Å². The first kappa shape index (κ1) is 11.8. The molecule has 6 heteroatoms. The van der Waals surface area contributed by atoms with E-state index in [9.17, 15) is 0 Å². The van der Waals surface area contributed by atoms with E-state index in [0.29, 0.717) is 18.3 Å². The zero-order chi connectivity index (χ0) is 12.7. The Morgan fingerprint density at radius 1 is 1.50 bits per heavy atom. The Balaban J connectivity index is 2.14. The van der Waals surface area contributed by atoms with Crippen LogP contribution in [0.15, 0.2) is 6.33 Å². The second-order valence-electron chi connectivity index (χ2n) is 4.85. The highest BCUT2D eigenvalue weighted by molar-refractivity contribution is 7.18. The topological polar surface area (TPSA) is 73.1 Å². The fourth-order valence-electron chi connectivity index (χ4n) is 2.35. The third kappa shape index (κ3) is 1.77. The standard InChI is InChI=1S/C12H16N4OS/c1-6(2)8-3-7-9(4-17-8)18-12-10(7)11(16-13)14-5-15-12/h5-6,8H,3-4,13H2,1-2H3,(H,14,15,16)/t8-/m1/s1. The number of nitrogen functional groups attached to an aromatic ring is 1. The number of ether oxygens (including phenoxy) is 1. The number of rotatable bonds is 2. The van der Waals surface area contributed by atoms with E-state index in [2.05, 4.69) is 29.2 Å². The minimum Gasteiger partial charge on any atom is -0.372 e. The molecule has 0 saturated heterocycles. The first-order valence-corrected chi connectivity index (χ1v) is 6.85. The number of thiophene rings is 1. The van der Waals surface area contributed by atoms with Crippen LogP contribution in [0.25, 0.3) is 10.2 Å². The molecule has 0 spiro atoms. The van der Waals surface area contributed by atoms with Gasteiger partial charge in [0, 0.05) is 11.3 Å². The SMILES string of the molecule is CC(C)[C@H]1Cc2c(sc3ncnc(NN)c23)CO1. The minimum atomic E-state index is 0.265. The molecule has 2 aromatic rings.